The molecule has 0 saturated carbocycles. The van der Waals surface area contributed by atoms with E-state index in [1.54, 1.807) is 17.5 Å². The molecule has 0 atom stereocenters. The predicted molar refractivity (Wildman–Crippen MR) is 114 cm³/mol. The van der Waals surface area contributed by atoms with Crippen LogP contribution >= 0.6 is 11.3 Å². The van der Waals surface area contributed by atoms with Crippen LogP contribution in [0.2, 0.25) is 0 Å². The number of hydrogen-bond acceptors (Lipinski definition) is 6. The molecular weight excluding hydrogens is 424 g/mol. The number of sulfonamides is 1. The Kier molecular flexibility index (Phi) is 6.60. The minimum Gasteiger partial charge on any atom is -0.272 e. The Balaban J connectivity index is 1.56. The van der Waals surface area contributed by atoms with E-state index < -0.39 is 28.4 Å². The molecular formula is C20H20N4O4S2. The van der Waals surface area contributed by atoms with E-state index in [9.17, 15) is 18.0 Å². The van der Waals surface area contributed by atoms with Crippen molar-refractivity contribution < 1.29 is 18.0 Å². The summed E-state index contributed by atoms with van der Waals surface area (Å²) in [6.07, 6.45) is 0. The van der Waals surface area contributed by atoms with E-state index >= 15 is 0 Å². The van der Waals surface area contributed by atoms with Crippen LogP contribution in [0.4, 0.5) is 0 Å². The number of benzene rings is 2. The van der Waals surface area contributed by atoms with E-state index in [2.05, 4.69) is 15.8 Å². The van der Waals surface area contributed by atoms with Crippen LogP contribution in [0, 0.1) is 6.92 Å². The maximum atomic E-state index is 12.5. The van der Waals surface area contributed by atoms with Gasteiger partial charge in [0.1, 0.15) is 10.7 Å². The van der Waals surface area contributed by atoms with E-state index in [0.717, 1.165) is 15.4 Å². The molecule has 0 bridgehead atoms. The standard InChI is InChI=1S/C20H20N4O4S2/c1-14-8-10-16(11-9-14)30(27,28)24(2)12-18(25)22-23-19(26)17-13-29-20(21-17)15-6-4-3-5-7-15/h3-11,13H,12H2,1-2H3,(H,22,25)(H,23,26). The summed E-state index contributed by atoms with van der Waals surface area (Å²) in [7, 11) is -2.52. The van der Waals surface area contributed by atoms with Crippen molar-refractivity contribution in [1.29, 1.82) is 0 Å². The molecule has 156 valence electrons. The average Bonchev–Trinajstić information content (AvgIpc) is 3.23. The van der Waals surface area contributed by atoms with Gasteiger partial charge in [-0.1, -0.05) is 48.0 Å². The average molecular weight is 445 g/mol. The number of carbonyl (C=O) groups excluding carboxylic acids is 2. The third-order valence-corrected chi connectivity index (χ3v) is 6.88. The molecule has 0 fully saturated rings. The van der Waals surface area contributed by atoms with Gasteiger partial charge in [0.15, 0.2) is 0 Å². The Morgan fingerprint density at radius 1 is 1.03 bits per heavy atom. The number of likely N-dealkylation sites (N-methyl/N-ethyl adjacent to an activating group) is 1. The number of nitrogens with zero attached hydrogens (tertiary/aromatic N) is 2. The smallest absolute Gasteiger partial charge is 0.272 e. The molecule has 0 aliphatic carbocycles. The Bertz CT molecular complexity index is 1140. The number of nitrogens with one attached hydrogen (secondary N) is 2. The first-order chi connectivity index (χ1) is 14.3. The largest absolute Gasteiger partial charge is 0.289 e. The Labute approximate surface area is 178 Å². The number of aryl methyl sites for hydroxylation is 1. The maximum absolute atomic E-state index is 12.5. The fourth-order valence-corrected chi connectivity index (χ4v) is 4.43. The topological polar surface area (TPSA) is 108 Å². The first kappa shape index (κ1) is 21.6. The number of carbonyl (C=O) groups is 2. The van der Waals surface area contributed by atoms with Crippen molar-refractivity contribution in [3.05, 3.63) is 71.2 Å². The molecule has 2 amide bonds. The molecule has 0 aliphatic heterocycles. The van der Waals surface area contributed by atoms with Gasteiger partial charge in [0.25, 0.3) is 11.8 Å². The van der Waals surface area contributed by atoms with Crippen LogP contribution in [0.25, 0.3) is 10.6 Å². The van der Waals surface area contributed by atoms with Crippen LogP contribution in [0.1, 0.15) is 16.1 Å². The zero-order valence-electron chi connectivity index (χ0n) is 16.3. The Morgan fingerprint density at radius 3 is 2.37 bits per heavy atom. The normalized spacial score (nSPS) is 11.3. The van der Waals surface area contributed by atoms with Gasteiger partial charge in [-0.05, 0) is 19.1 Å². The minimum atomic E-state index is -3.82. The van der Waals surface area contributed by atoms with Crippen molar-refractivity contribution in [2.24, 2.45) is 0 Å². The molecule has 0 aliphatic rings. The lowest BCUT2D eigenvalue weighted by Gasteiger charge is -2.17. The van der Waals surface area contributed by atoms with Gasteiger partial charge in [0, 0.05) is 18.0 Å². The molecule has 0 spiro atoms. The molecule has 10 heteroatoms. The highest BCUT2D eigenvalue weighted by Crippen LogP contribution is 2.23. The molecule has 30 heavy (non-hydrogen) atoms. The zero-order chi connectivity index (χ0) is 21.7. The molecule has 3 rings (SSSR count). The van der Waals surface area contributed by atoms with Gasteiger partial charge in [0.2, 0.25) is 10.0 Å². The molecule has 0 saturated heterocycles. The summed E-state index contributed by atoms with van der Waals surface area (Å²) in [5, 5.41) is 2.26. The lowest BCUT2D eigenvalue weighted by atomic mass is 10.2. The van der Waals surface area contributed by atoms with Crippen LogP contribution in [0.5, 0.6) is 0 Å². The van der Waals surface area contributed by atoms with Crippen molar-refractivity contribution >= 4 is 33.2 Å². The van der Waals surface area contributed by atoms with E-state index in [4.69, 9.17) is 0 Å². The van der Waals surface area contributed by atoms with E-state index in [1.807, 2.05) is 37.3 Å². The summed E-state index contributed by atoms with van der Waals surface area (Å²) in [4.78, 5) is 28.7. The second kappa shape index (κ2) is 9.16. The quantitative estimate of drug-likeness (QED) is 0.567. The number of hydrazine groups is 1. The summed E-state index contributed by atoms with van der Waals surface area (Å²) < 4.78 is 26.0. The van der Waals surface area contributed by atoms with Gasteiger partial charge in [-0.3, -0.25) is 20.4 Å². The van der Waals surface area contributed by atoms with Gasteiger partial charge in [0.05, 0.1) is 11.4 Å². The number of aromatic nitrogens is 1. The van der Waals surface area contributed by atoms with Gasteiger partial charge in [-0.15, -0.1) is 11.3 Å². The number of amides is 2. The SMILES string of the molecule is Cc1ccc(S(=O)(=O)N(C)CC(=O)NNC(=O)c2csc(-c3ccccc3)n2)cc1. The third kappa shape index (κ3) is 5.09. The highest BCUT2D eigenvalue weighted by molar-refractivity contribution is 7.89. The molecule has 1 aromatic heterocycles. The summed E-state index contributed by atoms with van der Waals surface area (Å²) in [6, 6.07) is 15.7. The van der Waals surface area contributed by atoms with Crippen LogP contribution < -0.4 is 10.9 Å². The highest BCUT2D eigenvalue weighted by atomic mass is 32.2. The molecule has 2 aromatic carbocycles. The fourth-order valence-electron chi connectivity index (χ4n) is 2.50. The second-order valence-corrected chi connectivity index (χ2v) is 9.38. The van der Waals surface area contributed by atoms with E-state index in [0.29, 0.717) is 5.01 Å². The van der Waals surface area contributed by atoms with Crippen LogP contribution in [0.3, 0.4) is 0 Å². The molecule has 8 nitrogen and oxygen atoms in total. The lowest BCUT2D eigenvalue weighted by Crippen LogP contribution is -2.46. The van der Waals surface area contributed by atoms with Crippen LogP contribution in [0.15, 0.2) is 64.9 Å². The van der Waals surface area contributed by atoms with Crippen molar-refractivity contribution in [1.82, 2.24) is 20.1 Å². The monoisotopic (exact) mass is 444 g/mol. The first-order valence-electron chi connectivity index (χ1n) is 8.90. The van der Waals surface area contributed by atoms with Crippen molar-refractivity contribution in [2.75, 3.05) is 13.6 Å². The molecule has 3 aromatic rings. The number of hydrogen-bond donors (Lipinski definition) is 2. The second-order valence-electron chi connectivity index (χ2n) is 6.48. The molecule has 1 heterocycles. The number of rotatable bonds is 6. The summed E-state index contributed by atoms with van der Waals surface area (Å²) in [6.45, 7) is 1.39. The summed E-state index contributed by atoms with van der Waals surface area (Å²) >= 11 is 1.31. The predicted octanol–water partition coefficient (Wildman–Crippen LogP) is 2.20. The van der Waals surface area contributed by atoms with Gasteiger partial charge < -0.3 is 0 Å². The van der Waals surface area contributed by atoms with Crippen molar-refractivity contribution in [2.45, 2.75) is 11.8 Å². The maximum Gasteiger partial charge on any atom is 0.289 e. The molecule has 0 radical (unpaired) electrons. The third-order valence-electron chi connectivity index (χ3n) is 4.17. The lowest BCUT2D eigenvalue weighted by molar-refractivity contribution is -0.121. The van der Waals surface area contributed by atoms with E-state index in [-0.39, 0.29) is 10.6 Å². The van der Waals surface area contributed by atoms with Gasteiger partial charge in [-0.25, -0.2) is 13.4 Å². The summed E-state index contributed by atoms with van der Waals surface area (Å²) in [5.41, 5.74) is 6.43. The van der Waals surface area contributed by atoms with Gasteiger partial charge >= 0.3 is 0 Å². The van der Waals surface area contributed by atoms with Crippen LogP contribution in [-0.2, 0) is 14.8 Å². The van der Waals surface area contributed by atoms with Crippen LogP contribution in [-0.4, -0.2) is 43.1 Å². The van der Waals surface area contributed by atoms with Gasteiger partial charge in [-0.2, -0.15) is 4.31 Å². The highest BCUT2D eigenvalue weighted by Gasteiger charge is 2.23. The molecule has 2 N–H and O–H groups in total. The number of thiazole rings is 1. The zero-order valence-corrected chi connectivity index (χ0v) is 18.0. The fraction of sp³-hybridized carbons (Fsp3) is 0.150. The Hall–Kier alpha value is -3.08. The van der Waals surface area contributed by atoms with Crippen molar-refractivity contribution in [3.63, 3.8) is 0 Å². The molecule has 0 unspecified atom stereocenters. The summed E-state index contributed by atoms with van der Waals surface area (Å²) in [5.74, 6) is -1.27. The Morgan fingerprint density at radius 2 is 1.70 bits per heavy atom. The minimum absolute atomic E-state index is 0.0864. The first-order valence-corrected chi connectivity index (χ1v) is 11.2. The van der Waals surface area contributed by atoms with E-state index in [1.165, 1.54) is 30.5 Å². The van der Waals surface area contributed by atoms with Crippen molar-refractivity contribution in [3.8, 4) is 10.6 Å².